The number of β-amino-alcohol motifs (C(OH)–C–C–N with tert-alkyl or cyclic N) is 1. The molecule has 16 heavy (non-hydrogen) atoms. The van der Waals surface area contributed by atoms with Crippen LogP contribution in [-0.4, -0.2) is 40.6 Å². The summed E-state index contributed by atoms with van der Waals surface area (Å²) in [5, 5.41) is 9.93. The monoisotopic (exact) mass is 228 g/mol. The summed E-state index contributed by atoms with van der Waals surface area (Å²) in [7, 11) is 0. The highest BCUT2D eigenvalue weighted by molar-refractivity contribution is 5.77. The highest BCUT2D eigenvalue weighted by Gasteiger charge is 2.42. The zero-order valence-corrected chi connectivity index (χ0v) is 10.4. The van der Waals surface area contributed by atoms with E-state index in [9.17, 15) is 9.90 Å². The fourth-order valence-electron chi connectivity index (χ4n) is 2.20. The summed E-state index contributed by atoms with van der Waals surface area (Å²) in [6, 6.07) is 0.168. The second-order valence-corrected chi connectivity index (χ2v) is 5.09. The SMILES string of the molecule is CCCC1(O)CN(C(=O)CCCC(C)N)C1. The second-order valence-electron chi connectivity index (χ2n) is 5.09. The van der Waals surface area contributed by atoms with E-state index < -0.39 is 5.60 Å². The molecule has 1 heterocycles. The van der Waals surface area contributed by atoms with Crippen molar-refractivity contribution in [3.8, 4) is 0 Å². The zero-order valence-electron chi connectivity index (χ0n) is 10.4. The first-order valence-corrected chi connectivity index (χ1v) is 6.22. The number of carbonyl (C=O) groups is 1. The summed E-state index contributed by atoms with van der Waals surface area (Å²) in [6.45, 7) is 5.02. The maximum Gasteiger partial charge on any atom is 0.222 e. The predicted molar refractivity (Wildman–Crippen MR) is 63.9 cm³/mol. The number of hydrogen-bond donors (Lipinski definition) is 2. The molecule has 94 valence electrons. The van der Waals surface area contributed by atoms with Crippen molar-refractivity contribution in [1.82, 2.24) is 4.90 Å². The van der Waals surface area contributed by atoms with Crippen LogP contribution in [0, 0.1) is 0 Å². The Hall–Kier alpha value is -0.610. The van der Waals surface area contributed by atoms with E-state index in [2.05, 4.69) is 0 Å². The number of rotatable bonds is 6. The molecule has 1 amide bonds. The third kappa shape index (κ3) is 3.76. The quantitative estimate of drug-likeness (QED) is 0.709. The number of carbonyl (C=O) groups excluding carboxylic acids is 1. The average Bonchev–Trinajstić information content (AvgIpc) is 2.13. The number of nitrogens with two attached hydrogens (primary N) is 1. The van der Waals surface area contributed by atoms with Crippen molar-refractivity contribution in [3.05, 3.63) is 0 Å². The van der Waals surface area contributed by atoms with Crippen LogP contribution in [0.3, 0.4) is 0 Å². The average molecular weight is 228 g/mol. The molecule has 4 nitrogen and oxygen atoms in total. The highest BCUT2D eigenvalue weighted by Crippen LogP contribution is 2.26. The predicted octanol–water partition coefficient (Wildman–Crippen LogP) is 0.877. The van der Waals surface area contributed by atoms with E-state index >= 15 is 0 Å². The minimum Gasteiger partial charge on any atom is -0.386 e. The molecular weight excluding hydrogens is 204 g/mol. The first-order valence-electron chi connectivity index (χ1n) is 6.22. The van der Waals surface area contributed by atoms with Crippen molar-refractivity contribution >= 4 is 5.91 Å². The Morgan fingerprint density at radius 2 is 2.19 bits per heavy atom. The van der Waals surface area contributed by atoms with Gasteiger partial charge in [-0.25, -0.2) is 0 Å². The normalized spacial score (nSPS) is 20.4. The van der Waals surface area contributed by atoms with Crippen LogP contribution in [0.4, 0.5) is 0 Å². The van der Waals surface area contributed by atoms with Crippen molar-refractivity contribution in [1.29, 1.82) is 0 Å². The van der Waals surface area contributed by atoms with Gasteiger partial charge in [-0.15, -0.1) is 0 Å². The van der Waals surface area contributed by atoms with Crippen LogP contribution >= 0.6 is 0 Å². The van der Waals surface area contributed by atoms with Crippen molar-refractivity contribution in [2.75, 3.05) is 13.1 Å². The van der Waals surface area contributed by atoms with E-state index in [0.29, 0.717) is 19.5 Å². The molecule has 0 spiro atoms. The molecule has 1 saturated heterocycles. The van der Waals surface area contributed by atoms with Gasteiger partial charge in [-0.2, -0.15) is 0 Å². The van der Waals surface area contributed by atoms with Gasteiger partial charge in [0.2, 0.25) is 5.91 Å². The van der Waals surface area contributed by atoms with Crippen molar-refractivity contribution in [3.63, 3.8) is 0 Å². The van der Waals surface area contributed by atoms with Gasteiger partial charge in [-0.1, -0.05) is 13.3 Å². The van der Waals surface area contributed by atoms with Crippen molar-refractivity contribution < 1.29 is 9.90 Å². The van der Waals surface area contributed by atoms with Crippen molar-refractivity contribution in [2.45, 2.75) is 57.6 Å². The third-order valence-corrected chi connectivity index (χ3v) is 3.09. The summed E-state index contributed by atoms with van der Waals surface area (Å²) >= 11 is 0. The van der Waals surface area contributed by atoms with Gasteiger partial charge >= 0.3 is 0 Å². The van der Waals surface area contributed by atoms with Gasteiger partial charge in [0, 0.05) is 12.5 Å². The van der Waals surface area contributed by atoms with Gasteiger partial charge < -0.3 is 15.7 Å². The molecule has 0 aliphatic carbocycles. The lowest BCUT2D eigenvalue weighted by molar-refractivity contribution is -0.156. The maximum absolute atomic E-state index is 11.7. The molecule has 0 saturated carbocycles. The smallest absolute Gasteiger partial charge is 0.222 e. The number of nitrogens with zero attached hydrogens (tertiary/aromatic N) is 1. The minimum atomic E-state index is -0.606. The van der Waals surface area contributed by atoms with Gasteiger partial charge in [-0.3, -0.25) is 4.79 Å². The molecule has 0 radical (unpaired) electrons. The largest absolute Gasteiger partial charge is 0.386 e. The number of hydrogen-bond acceptors (Lipinski definition) is 3. The lowest BCUT2D eigenvalue weighted by atomic mass is 9.89. The summed E-state index contributed by atoms with van der Waals surface area (Å²) in [6.07, 6.45) is 4.04. The third-order valence-electron chi connectivity index (χ3n) is 3.09. The van der Waals surface area contributed by atoms with Gasteiger partial charge in [-0.05, 0) is 26.2 Å². The Morgan fingerprint density at radius 3 is 2.69 bits per heavy atom. The molecule has 1 aliphatic rings. The van der Waals surface area contributed by atoms with Gasteiger partial charge in [0.15, 0.2) is 0 Å². The van der Waals surface area contributed by atoms with Gasteiger partial charge in [0.1, 0.15) is 0 Å². The first-order chi connectivity index (χ1) is 7.47. The minimum absolute atomic E-state index is 0.154. The molecule has 1 rings (SSSR count). The molecule has 0 bridgehead atoms. The molecule has 1 fully saturated rings. The fraction of sp³-hybridized carbons (Fsp3) is 0.917. The second kappa shape index (κ2) is 5.64. The molecule has 1 aliphatic heterocycles. The van der Waals surface area contributed by atoms with E-state index in [1.165, 1.54) is 0 Å². The van der Waals surface area contributed by atoms with Crippen LogP contribution in [0.25, 0.3) is 0 Å². The molecule has 0 aromatic rings. The summed E-state index contributed by atoms with van der Waals surface area (Å²) < 4.78 is 0. The summed E-state index contributed by atoms with van der Waals surface area (Å²) in [5.41, 5.74) is 5.01. The van der Waals surface area contributed by atoms with E-state index in [1.807, 2.05) is 13.8 Å². The maximum atomic E-state index is 11.7. The Kier molecular flexibility index (Phi) is 4.74. The van der Waals surface area contributed by atoms with E-state index in [0.717, 1.165) is 25.7 Å². The van der Waals surface area contributed by atoms with Crippen LogP contribution in [0.5, 0.6) is 0 Å². The van der Waals surface area contributed by atoms with E-state index in [1.54, 1.807) is 4.90 Å². The molecule has 0 aromatic heterocycles. The summed E-state index contributed by atoms with van der Waals surface area (Å²) in [5.74, 6) is 0.154. The molecule has 0 aromatic carbocycles. The van der Waals surface area contributed by atoms with Crippen LogP contribution in [0.1, 0.15) is 46.0 Å². The Bertz CT molecular complexity index is 235. The Labute approximate surface area is 97.8 Å². The molecule has 1 unspecified atom stereocenters. The Morgan fingerprint density at radius 1 is 1.56 bits per heavy atom. The van der Waals surface area contributed by atoms with Crippen molar-refractivity contribution in [2.24, 2.45) is 5.73 Å². The number of amides is 1. The van der Waals surface area contributed by atoms with Gasteiger partial charge in [0.25, 0.3) is 0 Å². The lowest BCUT2D eigenvalue weighted by Gasteiger charge is -2.46. The molecular formula is C12H24N2O2. The zero-order chi connectivity index (χ0) is 12.2. The van der Waals surface area contributed by atoms with Crippen LogP contribution in [0.15, 0.2) is 0 Å². The standard InChI is InChI=1S/C12H24N2O2/c1-3-7-12(16)8-14(9-12)11(15)6-4-5-10(2)13/h10,16H,3-9,13H2,1-2H3. The fourth-order valence-corrected chi connectivity index (χ4v) is 2.20. The van der Waals surface area contributed by atoms with Crippen LogP contribution in [0.2, 0.25) is 0 Å². The summed E-state index contributed by atoms with van der Waals surface area (Å²) in [4.78, 5) is 13.4. The molecule has 3 N–H and O–H groups in total. The number of aliphatic hydroxyl groups is 1. The Balaban J connectivity index is 2.16. The number of likely N-dealkylation sites (tertiary alicyclic amines) is 1. The highest BCUT2D eigenvalue weighted by atomic mass is 16.3. The topological polar surface area (TPSA) is 66.6 Å². The lowest BCUT2D eigenvalue weighted by Crippen LogP contribution is -2.63. The van der Waals surface area contributed by atoms with E-state index in [-0.39, 0.29) is 11.9 Å². The molecule has 1 atom stereocenters. The van der Waals surface area contributed by atoms with E-state index in [4.69, 9.17) is 5.73 Å². The van der Waals surface area contributed by atoms with Crippen LogP contribution in [-0.2, 0) is 4.79 Å². The van der Waals surface area contributed by atoms with Crippen LogP contribution < -0.4 is 5.73 Å². The van der Waals surface area contributed by atoms with Gasteiger partial charge in [0.05, 0.1) is 18.7 Å². The molecule has 4 heteroatoms. The first kappa shape index (κ1) is 13.5.